The van der Waals surface area contributed by atoms with Gasteiger partial charge in [-0.1, -0.05) is 17.3 Å². The lowest BCUT2D eigenvalue weighted by atomic mass is 10.2. The van der Waals surface area contributed by atoms with E-state index in [0.717, 1.165) is 15.0 Å². The molecule has 0 saturated heterocycles. The first-order valence-corrected chi connectivity index (χ1v) is 5.46. The Labute approximate surface area is 99.9 Å². The molecule has 1 heterocycles. The summed E-state index contributed by atoms with van der Waals surface area (Å²) in [5.41, 5.74) is 1.01. The number of aromatic nitrogens is 2. The summed E-state index contributed by atoms with van der Waals surface area (Å²) in [6, 6.07) is 8.02. The maximum Gasteiger partial charge on any atom is 0.297 e. The highest BCUT2D eigenvalue weighted by molar-refractivity contribution is 14.1. The SMILES string of the molecule is Cn1c(-c2cccc(I)c2)noc1=S. The van der Waals surface area contributed by atoms with Gasteiger partial charge in [0, 0.05) is 16.2 Å². The summed E-state index contributed by atoms with van der Waals surface area (Å²) < 4.78 is 7.83. The van der Waals surface area contributed by atoms with Crippen LogP contribution in [0.15, 0.2) is 28.8 Å². The van der Waals surface area contributed by atoms with E-state index in [-0.39, 0.29) is 0 Å². The predicted molar refractivity (Wildman–Crippen MR) is 64.5 cm³/mol. The molecule has 0 saturated carbocycles. The smallest absolute Gasteiger partial charge is 0.297 e. The van der Waals surface area contributed by atoms with Crippen molar-refractivity contribution in [3.05, 3.63) is 32.7 Å². The molecule has 0 aliphatic heterocycles. The molecule has 0 aliphatic rings. The lowest BCUT2D eigenvalue weighted by Gasteiger charge is -1.98. The van der Waals surface area contributed by atoms with E-state index >= 15 is 0 Å². The first-order chi connectivity index (χ1) is 6.68. The molecular weight excluding hydrogens is 311 g/mol. The second kappa shape index (κ2) is 3.82. The molecule has 1 aromatic carbocycles. The molecule has 2 rings (SSSR count). The Bertz CT molecular complexity index is 518. The Morgan fingerprint density at radius 3 is 2.86 bits per heavy atom. The highest BCUT2D eigenvalue weighted by Crippen LogP contribution is 2.19. The van der Waals surface area contributed by atoms with Crippen LogP contribution in [0.4, 0.5) is 0 Å². The zero-order valence-corrected chi connectivity index (χ0v) is 10.4. The average molecular weight is 318 g/mol. The molecule has 3 nitrogen and oxygen atoms in total. The number of hydrogen-bond donors (Lipinski definition) is 0. The Balaban J connectivity index is 2.60. The fourth-order valence-corrected chi connectivity index (χ4v) is 1.83. The molecule has 14 heavy (non-hydrogen) atoms. The molecule has 0 amide bonds. The standard InChI is InChI=1S/C9H7IN2OS/c1-12-8(11-13-9(12)14)6-3-2-4-7(10)5-6/h2-5H,1H3. The van der Waals surface area contributed by atoms with Gasteiger partial charge in [0.2, 0.25) is 0 Å². The Hall–Kier alpha value is -0.690. The van der Waals surface area contributed by atoms with Crippen molar-refractivity contribution >= 4 is 34.8 Å². The van der Waals surface area contributed by atoms with Crippen LogP contribution in [0.1, 0.15) is 0 Å². The summed E-state index contributed by atoms with van der Waals surface area (Å²) in [4.78, 5) is 0.388. The quantitative estimate of drug-likeness (QED) is 0.598. The molecule has 5 heteroatoms. The molecule has 0 unspecified atom stereocenters. The van der Waals surface area contributed by atoms with Gasteiger partial charge in [-0.2, -0.15) is 0 Å². The Morgan fingerprint density at radius 2 is 2.29 bits per heavy atom. The van der Waals surface area contributed by atoms with Crippen LogP contribution in [0.2, 0.25) is 0 Å². The van der Waals surface area contributed by atoms with Crippen molar-refractivity contribution in [2.45, 2.75) is 0 Å². The van der Waals surface area contributed by atoms with Crippen LogP contribution in [0, 0.1) is 8.41 Å². The Morgan fingerprint density at radius 1 is 1.50 bits per heavy atom. The third-order valence-electron chi connectivity index (χ3n) is 1.88. The highest BCUT2D eigenvalue weighted by atomic mass is 127. The van der Waals surface area contributed by atoms with Gasteiger partial charge in [0.25, 0.3) is 4.84 Å². The minimum Gasteiger partial charge on any atom is -0.324 e. The first kappa shape index (κ1) is 9.85. The van der Waals surface area contributed by atoms with Gasteiger partial charge in [-0.3, -0.25) is 4.57 Å². The maximum atomic E-state index is 4.94. The molecule has 0 radical (unpaired) electrons. The van der Waals surface area contributed by atoms with Gasteiger partial charge in [0.1, 0.15) is 0 Å². The van der Waals surface area contributed by atoms with Crippen LogP contribution in [-0.2, 0) is 7.05 Å². The zero-order valence-electron chi connectivity index (χ0n) is 7.40. The minimum absolute atomic E-state index is 0.388. The minimum atomic E-state index is 0.388. The van der Waals surface area contributed by atoms with Crippen LogP contribution >= 0.6 is 34.8 Å². The molecule has 2 aromatic rings. The van der Waals surface area contributed by atoms with Gasteiger partial charge in [-0.25, -0.2) is 0 Å². The van der Waals surface area contributed by atoms with Crippen molar-refractivity contribution in [2.24, 2.45) is 7.05 Å². The molecule has 1 aromatic heterocycles. The van der Waals surface area contributed by atoms with Crippen molar-refractivity contribution in [3.63, 3.8) is 0 Å². The van der Waals surface area contributed by atoms with E-state index in [4.69, 9.17) is 16.7 Å². The first-order valence-electron chi connectivity index (χ1n) is 3.97. The molecule has 0 bridgehead atoms. The number of rotatable bonds is 1. The van der Waals surface area contributed by atoms with Crippen molar-refractivity contribution in [1.29, 1.82) is 0 Å². The van der Waals surface area contributed by atoms with E-state index in [2.05, 4.69) is 27.7 Å². The number of benzene rings is 1. The van der Waals surface area contributed by atoms with Gasteiger partial charge in [0.05, 0.1) is 0 Å². The third kappa shape index (κ3) is 1.74. The lowest BCUT2D eigenvalue weighted by Crippen LogP contribution is -1.92. The summed E-state index contributed by atoms with van der Waals surface area (Å²) in [6.45, 7) is 0. The molecule has 0 atom stereocenters. The zero-order chi connectivity index (χ0) is 10.1. The van der Waals surface area contributed by atoms with E-state index in [1.807, 2.05) is 31.3 Å². The average Bonchev–Trinajstić information content (AvgIpc) is 2.48. The lowest BCUT2D eigenvalue weighted by molar-refractivity contribution is 0.400. The molecule has 0 N–H and O–H groups in total. The Kier molecular flexibility index (Phi) is 2.69. The molecule has 0 fully saturated rings. The van der Waals surface area contributed by atoms with Gasteiger partial charge in [-0.15, -0.1) is 0 Å². The van der Waals surface area contributed by atoms with Gasteiger partial charge in [0.15, 0.2) is 5.82 Å². The summed E-state index contributed by atoms with van der Waals surface area (Å²) >= 11 is 7.20. The largest absolute Gasteiger partial charge is 0.324 e. The van der Waals surface area contributed by atoms with E-state index in [1.54, 1.807) is 4.57 Å². The van der Waals surface area contributed by atoms with E-state index in [9.17, 15) is 0 Å². The third-order valence-corrected chi connectivity index (χ3v) is 2.90. The fraction of sp³-hybridized carbons (Fsp3) is 0.111. The predicted octanol–water partition coefficient (Wildman–Crippen LogP) is 3.01. The van der Waals surface area contributed by atoms with Crippen molar-refractivity contribution in [1.82, 2.24) is 9.72 Å². The summed E-state index contributed by atoms with van der Waals surface area (Å²) in [5, 5.41) is 3.91. The molecule has 0 spiro atoms. The number of nitrogens with zero attached hydrogens (tertiary/aromatic N) is 2. The second-order valence-corrected chi connectivity index (χ2v) is 4.44. The monoisotopic (exact) mass is 318 g/mol. The number of halogens is 1. The van der Waals surface area contributed by atoms with Crippen LogP contribution in [0.3, 0.4) is 0 Å². The normalized spacial score (nSPS) is 10.4. The van der Waals surface area contributed by atoms with E-state index < -0.39 is 0 Å². The van der Waals surface area contributed by atoms with Gasteiger partial charge >= 0.3 is 0 Å². The van der Waals surface area contributed by atoms with Crippen LogP contribution in [0.25, 0.3) is 11.4 Å². The topological polar surface area (TPSA) is 31.0 Å². The van der Waals surface area contributed by atoms with Crippen LogP contribution in [0.5, 0.6) is 0 Å². The van der Waals surface area contributed by atoms with Gasteiger partial charge in [-0.05, 0) is 46.9 Å². The summed E-state index contributed by atoms with van der Waals surface area (Å²) in [7, 11) is 1.84. The molecular formula is C9H7IN2OS. The van der Waals surface area contributed by atoms with Crippen LogP contribution in [-0.4, -0.2) is 9.72 Å². The maximum absolute atomic E-state index is 4.94. The van der Waals surface area contributed by atoms with E-state index in [1.165, 1.54) is 0 Å². The van der Waals surface area contributed by atoms with Crippen LogP contribution < -0.4 is 0 Å². The molecule has 0 aliphatic carbocycles. The summed E-state index contributed by atoms with van der Waals surface area (Å²) in [5.74, 6) is 0.758. The van der Waals surface area contributed by atoms with Crippen molar-refractivity contribution < 1.29 is 4.52 Å². The number of hydrogen-bond acceptors (Lipinski definition) is 3. The van der Waals surface area contributed by atoms with Crippen molar-refractivity contribution in [2.75, 3.05) is 0 Å². The highest BCUT2D eigenvalue weighted by Gasteiger charge is 2.06. The summed E-state index contributed by atoms with van der Waals surface area (Å²) in [6.07, 6.45) is 0. The second-order valence-electron chi connectivity index (χ2n) is 2.84. The fourth-order valence-electron chi connectivity index (χ4n) is 1.17. The van der Waals surface area contributed by atoms with E-state index in [0.29, 0.717) is 4.84 Å². The van der Waals surface area contributed by atoms with Crippen molar-refractivity contribution in [3.8, 4) is 11.4 Å². The van der Waals surface area contributed by atoms with Gasteiger partial charge < -0.3 is 4.52 Å². The molecule has 72 valence electrons.